The summed E-state index contributed by atoms with van der Waals surface area (Å²) in [5.74, 6) is 0.605. The van der Waals surface area contributed by atoms with Crippen LogP contribution in [-0.4, -0.2) is 64.1 Å². The van der Waals surface area contributed by atoms with E-state index >= 15 is 0 Å². The highest BCUT2D eigenvalue weighted by Gasteiger charge is 2.68. The maximum absolute atomic E-state index is 13.5. The van der Waals surface area contributed by atoms with Crippen molar-refractivity contribution in [2.45, 2.75) is 115 Å². The molecule has 2 saturated heterocycles. The first-order chi connectivity index (χ1) is 17.0. The highest BCUT2D eigenvalue weighted by atomic mass is 32.2. The third-order valence-electron chi connectivity index (χ3n) is 12.1. The first-order valence-electron chi connectivity index (χ1n) is 14.3. The molecule has 0 radical (unpaired) electrons. The molecule has 2 heterocycles. The molecule has 36 heavy (non-hydrogen) atoms. The number of hydrogen-bond acceptors (Lipinski definition) is 6. The summed E-state index contributed by atoms with van der Waals surface area (Å²) in [6.45, 7) is 12.8. The average molecular weight is 518 g/mol. The Labute approximate surface area is 222 Å². The van der Waals surface area contributed by atoms with Crippen LogP contribution in [0.2, 0.25) is 0 Å². The Morgan fingerprint density at radius 3 is 2.50 bits per heavy atom. The van der Waals surface area contributed by atoms with Gasteiger partial charge in [0.05, 0.1) is 11.9 Å². The van der Waals surface area contributed by atoms with E-state index in [0.717, 1.165) is 32.1 Å². The van der Waals surface area contributed by atoms with Crippen molar-refractivity contribution in [3.05, 3.63) is 12.7 Å². The summed E-state index contributed by atoms with van der Waals surface area (Å²) < 4.78 is 6.42. The second kappa shape index (κ2) is 9.41. The Bertz CT molecular complexity index is 895. The SMILES string of the molecule is C=C[C@]1(C)C[C@@H](OC(=O)CS[C@@H]2C[C@H]3CC[C@@H](C2)N3C)[C@]2(C)C(C)CC[C@]3(CCC(=O)[C@H]32)[C@@H](C)[C@@H]1O. The van der Waals surface area contributed by atoms with Gasteiger partial charge in [0.15, 0.2) is 0 Å². The molecule has 5 nitrogen and oxygen atoms in total. The normalized spacial score (nSPS) is 50.8. The minimum Gasteiger partial charge on any atom is -0.461 e. The average Bonchev–Trinajstić information content (AvgIpc) is 3.28. The maximum atomic E-state index is 13.5. The Hall–Kier alpha value is -0.850. The van der Waals surface area contributed by atoms with Crippen LogP contribution in [0, 0.1) is 34.0 Å². The molecule has 0 aromatic heterocycles. The van der Waals surface area contributed by atoms with Gasteiger partial charge in [-0.1, -0.05) is 33.8 Å². The van der Waals surface area contributed by atoms with E-state index in [2.05, 4.69) is 46.2 Å². The monoisotopic (exact) mass is 517 g/mol. The molecular weight excluding hydrogens is 470 g/mol. The van der Waals surface area contributed by atoms with Gasteiger partial charge in [-0.25, -0.2) is 0 Å². The number of carbonyl (C=O) groups excluding carboxylic acids is 2. The third kappa shape index (κ3) is 3.95. The summed E-state index contributed by atoms with van der Waals surface area (Å²) in [5, 5.41) is 12.2. The van der Waals surface area contributed by atoms with E-state index in [1.807, 2.05) is 6.08 Å². The number of rotatable bonds is 5. The topological polar surface area (TPSA) is 66.8 Å². The number of nitrogens with zero attached hydrogens (tertiary/aromatic N) is 1. The molecule has 5 rings (SSSR count). The van der Waals surface area contributed by atoms with E-state index in [1.54, 1.807) is 11.8 Å². The van der Waals surface area contributed by atoms with E-state index in [4.69, 9.17) is 4.74 Å². The molecule has 0 amide bonds. The lowest BCUT2D eigenvalue weighted by Gasteiger charge is -2.61. The number of Topliss-reactive ketones (excluding diaryl/α,β-unsaturated/α-hetero) is 1. The quantitative estimate of drug-likeness (QED) is 0.397. The van der Waals surface area contributed by atoms with E-state index in [-0.39, 0.29) is 29.1 Å². The number of aliphatic hydroxyl groups excluding tert-OH is 1. The summed E-state index contributed by atoms with van der Waals surface area (Å²) in [4.78, 5) is 29.4. The summed E-state index contributed by atoms with van der Waals surface area (Å²) in [6.07, 6.45) is 9.58. The van der Waals surface area contributed by atoms with Gasteiger partial charge in [-0.2, -0.15) is 0 Å². The number of thioether (sulfide) groups is 1. The molecule has 6 heteroatoms. The van der Waals surface area contributed by atoms with E-state index < -0.39 is 23.0 Å². The predicted octanol–water partition coefficient (Wildman–Crippen LogP) is 5.25. The fourth-order valence-corrected chi connectivity index (χ4v) is 10.5. The number of ether oxygens (including phenoxy) is 1. The van der Waals surface area contributed by atoms with Gasteiger partial charge in [0.25, 0.3) is 0 Å². The zero-order valence-electron chi connectivity index (χ0n) is 23.0. The van der Waals surface area contributed by atoms with Crippen molar-refractivity contribution in [3.63, 3.8) is 0 Å². The number of carbonyl (C=O) groups is 2. The van der Waals surface area contributed by atoms with E-state index in [0.29, 0.717) is 41.7 Å². The number of piperidine rings is 1. The lowest BCUT2D eigenvalue weighted by atomic mass is 9.44. The first-order valence-corrected chi connectivity index (χ1v) is 15.4. The van der Waals surface area contributed by atoms with Crippen LogP contribution in [0.25, 0.3) is 0 Å². The van der Waals surface area contributed by atoms with Crippen LogP contribution in [0.1, 0.15) is 85.5 Å². The molecule has 4 bridgehead atoms. The predicted molar refractivity (Wildman–Crippen MR) is 145 cm³/mol. The number of aliphatic hydroxyl groups is 1. The molecule has 3 aliphatic carbocycles. The summed E-state index contributed by atoms with van der Waals surface area (Å²) >= 11 is 1.76. The molecular formula is C30H47NO4S. The number of ketones is 1. The second-order valence-electron chi connectivity index (χ2n) is 13.5. The summed E-state index contributed by atoms with van der Waals surface area (Å²) in [5.41, 5.74) is -1.24. The van der Waals surface area contributed by atoms with Gasteiger partial charge in [0.2, 0.25) is 0 Å². The lowest BCUT2D eigenvalue weighted by molar-refractivity contribution is -0.205. The van der Waals surface area contributed by atoms with Crippen LogP contribution in [0.4, 0.5) is 0 Å². The Morgan fingerprint density at radius 2 is 1.86 bits per heavy atom. The van der Waals surface area contributed by atoms with Gasteiger partial charge in [0.1, 0.15) is 11.9 Å². The summed E-state index contributed by atoms with van der Waals surface area (Å²) in [7, 11) is 2.24. The first kappa shape index (κ1) is 26.7. The molecule has 5 aliphatic rings. The number of fused-ring (bicyclic) bond motifs is 2. The van der Waals surface area contributed by atoms with Crippen molar-refractivity contribution in [1.29, 1.82) is 0 Å². The Kier molecular flexibility index (Phi) is 6.99. The van der Waals surface area contributed by atoms with Crippen LogP contribution in [-0.2, 0) is 14.3 Å². The molecule has 2 aliphatic heterocycles. The lowest BCUT2D eigenvalue weighted by Crippen LogP contribution is -2.63. The molecule has 1 N–H and O–H groups in total. The molecule has 0 aromatic rings. The van der Waals surface area contributed by atoms with Gasteiger partial charge < -0.3 is 14.7 Å². The number of esters is 1. The van der Waals surface area contributed by atoms with Crippen molar-refractivity contribution in [2.24, 2.45) is 34.0 Å². The molecule has 3 saturated carbocycles. The van der Waals surface area contributed by atoms with Crippen LogP contribution in [0.5, 0.6) is 0 Å². The fourth-order valence-electron chi connectivity index (χ4n) is 9.38. The van der Waals surface area contributed by atoms with Crippen molar-refractivity contribution in [3.8, 4) is 0 Å². The van der Waals surface area contributed by atoms with Gasteiger partial charge in [-0.3, -0.25) is 9.59 Å². The standard InChI is InChI=1S/C30H47NO4S/c1-7-28(4)16-24(35-25(33)17-36-22-14-20-8-9-21(15-22)31(20)6)29(5)18(2)10-12-30(19(3)27(28)34)13-11-23(32)26(29)30/h7,18-22,24,26-27,34H,1,8-17H2,2-6H3/t18?,19-,20-,21+,22-,24+,26-,27-,28+,29-,30-/m0/s1. The van der Waals surface area contributed by atoms with Crippen LogP contribution >= 0.6 is 11.8 Å². The van der Waals surface area contributed by atoms with Crippen molar-refractivity contribution < 1.29 is 19.4 Å². The molecule has 1 unspecified atom stereocenters. The zero-order valence-corrected chi connectivity index (χ0v) is 23.8. The Balaban J connectivity index is 1.39. The Morgan fingerprint density at radius 1 is 1.19 bits per heavy atom. The molecule has 11 atom stereocenters. The van der Waals surface area contributed by atoms with Crippen LogP contribution in [0.15, 0.2) is 12.7 Å². The van der Waals surface area contributed by atoms with Crippen LogP contribution in [0.3, 0.4) is 0 Å². The van der Waals surface area contributed by atoms with Crippen molar-refractivity contribution in [2.75, 3.05) is 12.8 Å². The van der Waals surface area contributed by atoms with Gasteiger partial charge >= 0.3 is 5.97 Å². The van der Waals surface area contributed by atoms with Crippen molar-refractivity contribution >= 4 is 23.5 Å². The fraction of sp³-hybridized carbons (Fsp3) is 0.867. The minimum atomic E-state index is -0.619. The zero-order chi connectivity index (χ0) is 26.0. The number of hydrogen-bond donors (Lipinski definition) is 1. The van der Waals surface area contributed by atoms with Gasteiger partial charge in [0, 0.05) is 40.5 Å². The second-order valence-corrected chi connectivity index (χ2v) is 14.8. The molecule has 5 fully saturated rings. The smallest absolute Gasteiger partial charge is 0.316 e. The van der Waals surface area contributed by atoms with E-state index in [9.17, 15) is 14.7 Å². The summed E-state index contributed by atoms with van der Waals surface area (Å²) in [6, 6.07) is 1.31. The van der Waals surface area contributed by atoms with Gasteiger partial charge in [-0.05, 0) is 75.7 Å². The molecule has 0 aromatic carbocycles. The third-order valence-corrected chi connectivity index (χ3v) is 13.3. The van der Waals surface area contributed by atoms with Gasteiger partial charge in [-0.15, -0.1) is 18.3 Å². The highest BCUT2D eigenvalue weighted by molar-refractivity contribution is 8.00. The van der Waals surface area contributed by atoms with Crippen molar-refractivity contribution in [1.82, 2.24) is 4.90 Å². The van der Waals surface area contributed by atoms with E-state index in [1.165, 1.54) is 12.8 Å². The van der Waals surface area contributed by atoms with Crippen LogP contribution < -0.4 is 0 Å². The highest BCUT2D eigenvalue weighted by Crippen LogP contribution is 2.68. The molecule has 0 spiro atoms. The largest absolute Gasteiger partial charge is 0.461 e. The maximum Gasteiger partial charge on any atom is 0.316 e. The minimum absolute atomic E-state index is 0.00390. The molecule has 202 valence electrons.